The van der Waals surface area contributed by atoms with Gasteiger partial charge in [-0.05, 0) is 87.5 Å². The van der Waals surface area contributed by atoms with Crippen molar-refractivity contribution in [2.45, 2.75) is 272 Å². The second-order valence-corrected chi connectivity index (χ2v) is 28.1. The van der Waals surface area contributed by atoms with Crippen molar-refractivity contribution in [2.24, 2.45) is 0 Å². The molecular formula is C62H77F34NO8. The standard InChI is InChI=1S/C28H31F17O4.C17H26O3.C11H5F17O.C6H15N/c1-19(2,3)15-9-13(10-16(18(15)48)20(4,5)6)7-8-17(47)49-12-14(46)11-21(29,30)22(31,32)23(33,34)24(35,36)25(37,38)26(39,40)27(41,42)28(43,44)45;1-16(2,3)12-9-11(7-8-14(18)19)10-13(15(12)20)17(4,5)6;12-4(13,1-3-2-29-3)5(14,15)6(16,17)7(18,19)8(20,21)9(22,23)10(24,25)11(26,27)28;1-4-7(5-2)6-3/h9-10,14,46,48H,7-8,11-12H2,1-6H3;9-10,20H,7-8H2,1-6H3,(H,18,19);3H,1-2H2;4-6H2,1-3H3. The van der Waals surface area contributed by atoms with Crippen molar-refractivity contribution in [3.63, 3.8) is 0 Å². The third kappa shape index (κ3) is 20.7. The molecule has 0 spiro atoms. The molecular weight excluding hydrogens is 1530 g/mol. The number of benzene rings is 2. The Morgan fingerprint density at radius 2 is 0.657 bits per heavy atom. The molecule has 1 saturated heterocycles. The van der Waals surface area contributed by atoms with E-state index in [1.54, 1.807) is 41.5 Å². The summed E-state index contributed by atoms with van der Waals surface area (Å²) in [6, 6.07) is 6.89. The number of nitrogens with zero attached hydrogens (tertiary/aromatic N) is 1. The Kier molecular flexibility index (Phi) is 30.5. The summed E-state index contributed by atoms with van der Waals surface area (Å²) in [4.78, 5) is 25.3. The molecule has 2 atom stereocenters. The first-order valence-corrected chi connectivity index (χ1v) is 30.4. The number of esters is 1. The SMILES string of the molecule is CC(C)(C)c1cc(CCC(=O)O)cc(C(C)(C)C)c1O.CC(C)(C)c1cc(CCC(=O)OCC(O)CC(F)(F)C(F)(F)C(F)(F)C(F)(F)C(F)(F)C(F)(F)C(F)(F)C(F)(F)F)cc(C(C)(C)C)c1O.CCN(CC)CC.FC(F)(F)C(F)(F)C(F)(F)C(F)(F)C(F)(F)C(F)(F)C(F)(F)C(F)(F)CC1CO1. The fourth-order valence-corrected chi connectivity index (χ4v) is 8.87. The highest BCUT2D eigenvalue weighted by molar-refractivity contribution is 5.70. The highest BCUT2D eigenvalue weighted by atomic mass is 19.4. The molecule has 3 rings (SSSR count). The van der Waals surface area contributed by atoms with E-state index in [2.05, 4.69) is 76.7 Å². The van der Waals surface area contributed by atoms with E-state index in [9.17, 15) is 174 Å². The van der Waals surface area contributed by atoms with Crippen LogP contribution in [0.25, 0.3) is 0 Å². The maximum absolute atomic E-state index is 14.1. The lowest BCUT2D eigenvalue weighted by Gasteiger charge is -2.43. The number of aliphatic carboxylic acids is 1. The topological polar surface area (TPSA) is 140 Å². The van der Waals surface area contributed by atoms with Gasteiger partial charge in [-0.1, -0.05) is 128 Å². The molecule has 105 heavy (non-hydrogen) atoms. The number of aliphatic hydroxyl groups is 1. The lowest BCUT2D eigenvalue weighted by molar-refractivity contribution is -0.462. The third-order valence-electron chi connectivity index (χ3n) is 15.5. The summed E-state index contributed by atoms with van der Waals surface area (Å²) < 4.78 is 455. The monoisotopic (exact) mass is 1610 g/mol. The maximum atomic E-state index is 14.1. The molecule has 1 aliphatic heterocycles. The van der Waals surface area contributed by atoms with Gasteiger partial charge in [0.25, 0.3) is 0 Å². The number of carboxylic acids is 1. The van der Waals surface area contributed by atoms with Crippen LogP contribution in [0.15, 0.2) is 24.3 Å². The van der Waals surface area contributed by atoms with Crippen LogP contribution in [-0.2, 0) is 53.6 Å². The number of ether oxygens (including phenoxy) is 2. The highest BCUT2D eigenvalue weighted by Crippen LogP contribution is 2.67. The summed E-state index contributed by atoms with van der Waals surface area (Å²) in [5.41, 5.74) is 2.44. The number of epoxide rings is 1. The summed E-state index contributed by atoms with van der Waals surface area (Å²) in [7, 11) is 0. The molecule has 0 aliphatic carbocycles. The Morgan fingerprint density at radius 1 is 0.419 bits per heavy atom. The van der Waals surface area contributed by atoms with Crippen LogP contribution in [0.5, 0.6) is 11.5 Å². The number of aliphatic hydroxyl groups excluding tert-OH is 1. The first kappa shape index (κ1) is 99.5. The number of phenolic OH excluding ortho intramolecular Hbond substituents is 2. The minimum Gasteiger partial charge on any atom is -0.507 e. The molecule has 616 valence electrons. The molecule has 0 bridgehead atoms. The van der Waals surface area contributed by atoms with Crippen molar-refractivity contribution in [3.8, 4) is 11.5 Å². The number of hydrogen-bond donors (Lipinski definition) is 4. The number of carbonyl (C=O) groups is 2. The number of carbonyl (C=O) groups excluding carboxylic acids is 1. The summed E-state index contributed by atoms with van der Waals surface area (Å²) in [5.74, 6) is -115. The van der Waals surface area contributed by atoms with Gasteiger partial charge in [0.1, 0.15) is 18.1 Å². The number of phenols is 2. The molecule has 1 heterocycles. The van der Waals surface area contributed by atoms with Gasteiger partial charge in [-0.3, -0.25) is 9.59 Å². The van der Waals surface area contributed by atoms with E-state index in [-0.39, 0.29) is 29.4 Å². The van der Waals surface area contributed by atoms with Crippen molar-refractivity contribution in [3.05, 3.63) is 57.6 Å². The number of hydrogen-bond acceptors (Lipinski definition) is 8. The van der Waals surface area contributed by atoms with Crippen molar-refractivity contribution < 1.29 is 189 Å². The average Bonchev–Trinajstić information content (AvgIpc) is 1.44. The first-order valence-electron chi connectivity index (χ1n) is 30.4. The average molecular weight is 1610 g/mol. The predicted octanol–water partition coefficient (Wildman–Crippen LogP) is 20.4. The molecule has 2 unspecified atom stereocenters. The van der Waals surface area contributed by atoms with E-state index in [1.165, 1.54) is 31.8 Å². The van der Waals surface area contributed by atoms with E-state index < -0.39 is 163 Å². The molecule has 1 fully saturated rings. The zero-order valence-corrected chi connectivity index (χ0v) is 58.0. The van der Waals surface area contributed by atoms with Crippen LogP contribution in [0.3, 0.4) is 0 Å². The van der Waals surface area contributed by atoms with E-state index in [4.69, 9.17) is 5.11 Å². The second kappa shape index (κ2) is 32.2. The van der Waals surface area contributed by atoms with Crippen LogP contribution < -0.4 is 0 Å². The Hall–Kier alpha value is -5.52. The lowest BCUT2D eigenvalue weighted by Crippen LogP contribution is -2.74. The van der Waals surface area contributed by atoms with Crippen LogP contribution in [0.2, 0.25) is 0 Å². The molecule has 4 N–H and O–H groups in total. The number of halogens is 34. The fraction of sp³-hybridized carbons (Fsp3) is 0.774. The largest absolute Gasteiger partial charge is 0.507 e. The number of aryl methyl sites for hydroxylation is 2. The van der Waals surface area contributed by atoms with E-state index in [0.29, 0.717) is 28.9 Å². The Morgan fingerprint density at radius 3 is 0.876 bits per heavy atom. The van der Waals surface area contributed by atoms with Gasteiger partial charge in [0, 0.05) is 25.7 Å². The van der Waals surface area contributed by atoms with Gasteiger partial charge in [0.15, 0.2) is 0 Å². The van der Waals surface area contributed by atoms with Crippen molar-refractivity contribution >= 4 is 11.9 Å². The Labute approximate surface area is 578 Å². The number of rotatable bonds is 27. The number of alkyl halides is 34. The van der Waals surface area contributed by atoms with Crippen LogP contribution in [0.4, 0.5) is 149 Å². The molecule has 2 aromatic rings. The van der Waals surface area contributed by atoms with Crippen LogP contribution in [0, 0.1) is 0 Å². The molecule has 9 nitrogen and oxygen atoms in total. The van der Waals surface area contributed by atoms with Gasteiger partial charge in [0.05, 0.1) is 18.8 Å². The number of carboxylic acid groups (broad SMARTS) is 1. The molecule has 0 saturated carbocycles. The Balaban J connectivity index is 0.00000162. The van der Waals surface area contributed by atoms with E-state index >= 15 is 0 Å². The summed E-state index contributed by atoms with van der Waals surface area (Å²) in [6.45, 7) is 30.4. The first-order chi connectivity index (χ1) is 45.9. The zero-order chi connectivity index (χ0) is 84.5. The summed E-state index contributed by atoms with van der Waals surface area (Å²) in [5, 5.41) is 39.7. The van der Waals surface area contributed by atoms with Crippen molar-refractivity contribution in [1.29, 1.82) is 0 Å². The lowest BCUT2D eigenvalue weighted by atomic mass is 9.78. The van der Waals surface area contributed by atoms with Crippen molar-refractivity contribution in [1.82, 2.24) is 4.90 Å². The molecule has 0 radical (unpaired) electrons. The molecule has 43 heteroatoms. The van der Waals surface area contributed by atoms with Crippen LogP contribution >= 0.6 is 0 Å². The fourth-order valence-electron chi connectivity index (χ4n) is 8.87. The molecule has 1 aliphatic rings. The van der Waals surface area contributed by atoms with Gasteiger partial charge >= 0.3 is 107 Å². The smallest absolute Gasteiger partial charge is 0.460 e. The third-order valence-corrected chi connectivity index (χ3v) is 15.5. The van der Waals surface area contributed by atoms with Gasteiger partial charge in [-0.2, -0.15) is 149 Å². The van der Waals surface area contributed by atoms with Gasteiger partial charge in [-0.25, -0.2) is 0 Å². The van der Waals surface area contributed by atoms with Crippen LogP contribution in [-0.4, -0.2) is 178 Å². The second-order valence-electron chi connectivity index (χ2n) is 28.1. The maximum Gasteiger partial charge on any atom is 0.460 e. The zero-order valence-electron chi connectivity index (χ0n) is 58.0. The van der Waals surface area contributed by atoms with Gasteiger partial charge < -0.3 is 34.8 Å². The molecule has 0 amide bonds. The summed E-state index contributed by atoms with van der Waals surface area (Å²) in [6.07, 6.45) is -26.6. The van der Waals surface area contributed by atoms with Gasteiger partial charge in [-0.15, -0.1) is 0 Å². The van der Waals surface area contributed by atoms with E-state index in [0.717, 1.165) is 16.7 Å². The number of aromatic hydroxyl groups is 2. The van der Waals surface area contributed by atoms with Crippen molar-refractivity contribution in [2.75, 3.05) is 32.8 Å². The van der Waals surface area contributed by atoms with Crippen LogP contribution in [0.1, 0.15) is 163 Å². The van der Waals surface area contributed by atoms with E-state index in [1.807, 2.05) is 12.1 Å². The minimum atomic E-state index is -8.75. The quantitative estimate of drug-likeness (QED) is 0.0391. The highest BCUT2D eigenvalue weighted by Gasteiger charge is 2.97. The normalized spacial score (nSPS) is 16.2. The molecule has 0 aromatic heterocycles. The Bertz CT molecular complexity index is 3130. The predicted molar refractivity (Wildman–Crippen MR) is 306 cm³/mol. The summed E-state index contributed by atoms with van der Waals surface area (Å²) >= 11 is 0. The molecule has 2 aromatic carbocycles. The van der Waals surface area contributed by atoms with Gasteiger partial charge in [0.2, 0.25) is 0 Å². The minimum absolute atomic E-state index is 0.0489.